The lowest BCUT2D eigenvalue weighted by atomic mass is 10.0. The molecule has 0 aromatic carbocycles. The molecular formula is C16H26N4O. The molecule has 0 bridgehead atoms. The van der Waals surface area contributed by atoms with Crippen LogP contribution in [0.25, 0.3) is 0 Å². The van der Waals surface area contributed by atoms with Crippen molar-refractivity contribution in [2.75, 3.05) is 13.1 Å². The van der Waals surface area contributed by atoms with Crippen molar-refractivity contribution in [3.8, 4) is 5.88 Å². The first-order valence-corrected chi connectivity index (χ1v) is 7.71. The van der Waals surface area contributed by atoms with Gasteiger partial charge >= 0.3 is 0 Å². The van der Waals surface area contributed by atoms with E-state index in [4.69, 9.17) is 10.5 Å². The van der Waals surface area contributed by atoms with E-state index in [-0.39, 0.29) is 6.10 Å². The third-order valence-electron chi connectivity index (χ3n) is 3.56. The van der Waals surface area contributed by atoms with Crippen molar-refractivity contribution in [3.05, 3.63) is 23.9 Å². The molecule has 116 valence electrons. The molecule has 2 heterocycles. The number of hydrogen-bond acceptors (Lipinski definition) is 3. The molecule has 1 unspecified atom stereocenters. The minimum atomic E-state index is 0.137. The fourth-order valence-corrected chi connectivity index (χ4v) is 2.49. The van der Waals surface area contributed by atoms with Crippen LogP contribution >= 0.6 is 0 Å². The Balaban J connectivity index is 1.90. The van der Waals surface area contributed by atoms with Crippen LogP contribution in [0, 0.1) is 5.92 Å². The van der Waals surface area contributed by atoms with Gasteiger partial charge in [0.25, 0.3) is 0 Å². The van der Waals surface area contributed by atoms with Gasteiger partial charge in [0.15, 0.2) is 5.96 Å². The summed E-state index contributed by atoms with van der Waals surface area (Å²) in [5.74, 6) is 1.99. The molecule has 1 aliphatic heterocycles. The average Bonchev–Trinajstić information content (AvgIpc) is 2.45. The van der Waals surface area contributed by atoms with Crippen LogP contribution < -0.4 is 10.5 Å². The summed E-state index contributed by atoms with van der Waals surface area (Å²) >= 11 is 0. The summed E-state index contributed by atoms with van der Waals surface area (Å²) in [4.78, 5) is 10.9. The van der Waals surface area contributed by atoms with E-state index < -0.39 is 0 Å². The maximum atomic E-state index is 6.09. The van der Waals surface area contributed by atoms with Crippen molar-refractivity contribution in [2.45, 2.75) is 46.3 Å². The van der Waals surface area contributed by atoms with Gasteiger partial charge in [0.05, 0.1) is 12.6 Å². The van der Waals surface area contributed by atoms with E-state index in [0.29, 0.717) is 24.3 Å². The number of guanidine groups is 1. The van der Waals surface area contributed by atoms with E-state index >= 15 is 0 Å². The molecule has 0 spiro atoms. The van der Waals surface area contributed by atoms with Crippen molar-refractivity contribution in [2.24, 2.45) is 16.6 Å². The molecule has 1 saturated heterocycles. The highest BCUT2D eigenvalue weighted by Crippen LogP contribution is 2.15. The molecule has 2 N–H and O–H groups in total. The first-order chi connectivity index (χ1) is 10.0. The summed E-state index contributed by atoms with van der Waals surface area (Å²) in [6.45, 7) is 8.82. The lowest BCUT2D eigenvalue weighted by Gasteiger charge is -2.31. The Bertz CT molecular complexity index is 470. The second kappa shape index (κ2) is 7.29. The molecule has 0 amide bonds. The largest absolute Gasteiger partial charge is 0.475 e. The van der Waals surface area contributed by atoms with Crippen LogP contribution in [0.4, 0.5) is 0 Å². The Morgan fingerprint density at radius 2 is 2.33 bits per heavy atom. The highest BCUT2D eigenvalue weighted by molar-refractivity contribution is 5.78. The van der Waals surface area contributed by atoms with Crippen LogP contribution in [-0.4, -0.2) is 35.0 Å². The van der Waals surface area contributed by atoms with E-state index in [1.807, 2.05) is 26.0 Å². The highest BCUT2D eigenvalue weighted by Gasteiger charge is 2.17. The van der Waals surface area contributed by atoms with Crippen LogP contribution in [0.2, 0.25) is 0 Å². The zero-order valence-corrected chi connectivity index (χ0v) is 13.2. The molecule has 21 heavy (non-hydrogen) atoms. The quantitative estimate of drug-likeness (QED) is 0.683. The molecule has 1 aromatic rings. The number of nitrogens with two attached hydrogens (primary N) is 1. The Morgan fingerprint density at radius 1 is 1.52 bits per heavy atom. The third-order valence-corrected chi connectivity index (χ3v) is 3.56. The summed E-state index contributed by atoms with van der Waals surface area (Å²) in [5, 5.41) is 0. The van der Waals surface area contributed by atoms with Crippen molar-refractivity contribution in [1.29, 1.82) is 0 Å². The van der Waals surface area contributed by atoms with Gasteiger partial charge in [-0.1, -0.05) is 13.0 Å². The lowest BCUT2D eigenvalue weighted by molar-refractivity contribution is 0.232. The van der Waals surface area contributed by atoms with Gasteiger partial charge < -0.3 is 15.4 Å². The maximum absolute atomic E-state index is 6.09. The number of ether oxygens (including phenoxy) is 1. The summed E-state index contributed by atoms with van der Waals surface area (Å²) in [6, 6.07) is 3.87. The molecule has 2 rings (SSSR count). The van der Waals surface area contributed by atoms with Crippen LogP contribution in [0.1, 0.15) is 39.2 Å². The van der Waals surface area contributed by atoms with Crippen molar-refractivity contribution < 1.29 is 4.74 Å². The van der Waals surface area contributed by atoms with Gasteiger partial charge in [0.2, 0.25) is 5.88 Å². The summed E-state index contributed by atoms with van der Waals surface area (Å²) in [5.41, 5.74) is 7.13. The minimum absolute atomic E-state index is 0.137. The van der Waals surface area contributed by atoms with E-state index in [1.165, 1.54) is 12.8 Å². The molecule has 1 atom stereocenters. The predicted octanol–water partition coefficient (Wildman–Crippen LogP) is 2.42. The minimum Gasteiger partial charge on any atom is -0.475 e. The number of aliphatic imine (C=N–C) groups is 1. The average molecular weight is 290 g/mol. The Labute approximate surface area is 127 Å². The molecular weight excluding hydrogens is 264 g/mol. The van der Waals surface area contributed by atoms with Crippen molar-refractivity contribution in [1.82, 2.24) is 9.88 Å². The Hall–Kier alpha value is -1.78. The number of likely N-dealkylation sites (tertiary alicyclic amines) is 1. The number of aromatic nitrogens is 1. The molecule has 0 aliphatic carbocycles. The van der Waals surface area contributed by atoms with Gasteiger partial charge in [-0.3, -0.25) is 0 Å². The van der Waals surface area contributed by atoms with E-state index in [2.05, 4.69) is 21.8 Å². The predicted molar refractivity (Wildman–Crippen MR) is 85.3 cm³/mol. The SMILES string of the molecule is CC1CCCN(C(N)=NCc2ccc(OC(C)C)nc2)C1. The number of hydrogen-bond donors (Lipinski definition) is 1. The summed E-state index contributed by atoms with van der Waals surface area (Å²) in [7, 11) is 0. The molecule has 1 aliphatic rings. The topological polar surface area (TPSA) is 63.7 Å². The zero-order valence-electron chi connectivity index (χ0n) is 13.2. The monoisotopic (exact) mass is 290 g/mol. The van der Waals surface area contributed by atoms with Gasteiger partial charge in [-0.15, -0.1) is 0 Å². The third kappa shape index (κ3) is 4.92. The number of nitrogens with zero attached hydrogens (tertiary/aromatic N) is 3. The molecule has 0 radical (unpaired) electrons. The molecule has 5 heteroatoms. The Morgan fingerprint density at radius 3 is 2.95 bits per heavy atom. The highest BCUT2D eigenvalue weighted by atomic mass is 16.5. The molecule has 1 fully saturated rings. The molecule has 1 aromatic heterocycles. The first kappa shape index (κ1) is 15.6. The number of rotatable bonds is 4. The van der Waals surface area contributed by atoms with Gasteiger partial charge in [0.1, 0.15) is 0 Å². The number of piperidine rings is 1. The second-order valence-electron chi connectivity index (χ2n) is 6.04. The van der Waals surface area contributed by atoms with Gasteiger partial charge in [0, 0.05) is 25.4 Å². The van der Waals surface area contributed by atoms with Crippen LogP contribution in [0.15, 0.2) is 23.3 Å². The molecule has 0 saturated carbocycles. The van der Waals surface area contributed by atoms with Crippen LogP contribution in [0.3, 0.4) is 0 Å². The fourth-order valence-electron chi connectivity index (χ4n) is 2.49. The molecule has 5 nitrogen and oxygen atoms in total. The Kier molecular flexibility index (Phi) is 5.42. The lowest BCUT2D eigenvalue weighted by Crippen LogP contribution is -2.43. The van der Waals surface area contributed by atoms with E-state index in [0.717, 1.165) is 18.7 Å². The van der Waals surface area contributed by atoms with E-state index in [1.54, 1.807) is 6.20 Å². The summed E-state index contributed by atoms with van der Waals surface area (Å²) in [6.07, 6.45) is 4.41. The standard InChI is InChI=1S/C16H26N4O/c1-12(2)21-15-7-6-14(9-18-15)10-19-16(17)20-8-4-5-13(3)11-20/h6-7,9,12-13H,4-5,8,10-11H2,1-3H3,(H2,17,19). The maximum Gasteiger partial charge on any atom is 0.213 e. The first-order valence-electron chi connectivity index (χ1n) is 7.71. The van der Waals surface area contributed by atoms with Crippen molar-refractivity contribution in [3.63, 3.8) is 0 Å². The number of pyridine rings is 1. The van der Waals surface area contributed by atoms with Crippen molar-refractivity contribution >= 4 is 5.96 Å². The van der Waals surface area contributed by atoms with E-state index in [9.17, 15) is 0 Å². The van der Waals surface area contributed by atoms with Gasteiger partial charge in [-0.25, -0.2) is 9.98 Å². The normalized spacial score (nSPS) is 19.9. The van der Waals surface area contributed by atoms with Gasteiger partial charge in [-0.05, 0) is 38.2 Å². The zero-order chi connectivity index (χ0) is 15.2. The second-order valence-corrected chi connectivity index (χ2v) is 6.04. The smallest absolute Gasteiger partial charge is 0.213 e. The van der Waals surface area contributed by atoms with Crippen LogP contribution in [-0.2, 0) is 6.54 Å². The fraction of sp³-hybridized carbons (Fsp3) is 0.625. The van der Waals surface area contributed by atoms with Crippen LogP contribution in [0.5, 0.6) is 5.88 Å². The summed E-state index contributed by atoms with van der Waals surface area (Å²) < 4.78 is 5.52. The van der Waals surface area contributed by atoms with Gasteiger partial charge in [-0.2, -0.15) is 0 Å².